The van der Waals surface area contributed by atoms with Gasteiger partial charge in [-0.2, -0.15) is 0 Å². The monoisotopic (exact) mass is 252 g/mol. The van der Waals surface area contributed by atoms with Crippen molar-refractivity contribution in [2.24, 2.45) is 11.8 Å². The first-order chi connectivity index (χ1) is 8.75. The predicted octanol–water partition coefficient (Wildman–Crippen LogP) is 1.27. The Hall–Kier alpha value is -0.610. The zero-order valence-electron chi connectivity index (χ0n) is 11.1. The van der Waals surface area contributed by atoms with Gasteiger partial charge >= 0.3 is 5.97 Å². The number of hydrogen-bond acceptors (Lipinski definition) is 3. The van der Waals surface area contributed by atoms with Gasteiger partial charge in [0.1, 0.15) is 6.04 Å². The summed E-state index contributed by atoms with van der Waals surface area (Å²) in [7, 11) is 0. The Labute approximate surface area is 109 Å². The molecule has 2 heterocycles. The number of carbonyl (C=O) groups is 1. The number of rotatable bonds is 4. The van der Waals surface area contributed by atoms with Crippen LogP contribution in [0.25, 0.3) is 0 Å². The molecule has 0 aromatic heterocycles. The summed E-state index contributed by atoms with van der Waals surface area (Å²) in [4.78, 5) is 16.2. The minimum Gasteiger partial charge on any atom is -0.480 e. The summed E-state index contributed by atoms with van der Waals surface area (Å²) in [5.41, 5.74) is 0. The zero-order chi connectivity index (χ0) is 12.5. The molecule has 3 atom stereocenters. The molecule has 0 amide bonds. The van der Waals surface area contributed by atoms with Gasteiger partial charge in [-0.25, -0.2) is 0 Å². The fourth-order valence-electron chi connectivity index (χ4n) is 4.24. The van der Waals surface area contributed by atoms with Crippen molar-refractivity contribution >= 4 is 5.97 Å². The Morgan fingerprint density at radius 3 is 2.61 bits per heavy atom. The summed E-state index contributed by atoms with van der Waals surface area (Å²) >= 11 is 0. The summed E-state index contributed by atoms with van der Waals surface area (Å²) in [6.45, 7) is 5.44. The zero-order valence-corrected chi connectivity index (χ0v) is 11.1. The molecule has 102 valence electrons. The molecule has 0 aromatic carbocycles. The van der Waals surface area contributed by atoms with E-state index in [1.54, 1.807) is 0 Å². The maximum Gasteiger partial charge on any atom is 0.321 e. The minimum absolute atomic E-state index is 0.194. The number of fused-ring (bicyclic) bond motifs is 1. The third-order valence-corrected chi connectivity index (χ3v) is 5.14. The lowest BCUT2D eigenvalue weighted by molar-refractivity contribution is -0.143. The van der Waals surface area contributed by atoms with Gasteiger partial charge in [-0.1, -0.05) is 6.42 Å². The molecule has 1 saturated carbocycles. The average molecular weight is 252 g/mol. The van der Waals surface area contributed by atoms with Crippen LogP contribution in [0.2, 0.25) is 0 Å². The second-order valence-electron chi connectivity index (χ2n) is 6.18. The Kier molecular flexibility index (Phi) is 3.57. The number of carboxylic acid groups (broad SMARTS) is 1. The van der Waals surface area contributed by atoms with Crippen LogP contribution in [-0.4, -0.2) is 59.6 Å². The number of likely N-dealkylation sites (tertiary alicyclic amines) is 2. The Morgan fingerprint density at radius 2 is 1.89 bits per heavy atom. The summed E-state index contributed by atoms with van der Waals surface area (Å²) < 4.78 is 0. The Balaban J connectivity index is 1.58. The highest BCUT2D eigenvalue weighted by Gasteiger charge is 2.47. The normalized spacial score (nSPS) is 37.2. The van der Waals surface area contributed by atoms with Crippen LogP contribution in [0.15, 0.2) is 0 Å². The lowest BCUT2D eigenvalue weighted by atomic mass is 9.94. The van der Waals surface area contributed by atoms with Crippen LogP contribution in [0, 0.1) is 11.8 Å². The van der Waals surface area contributed by atoms with E-state index >= 15 is 0 Å². The van der Waals surface area contributed by atoms with Gasteiger partial charge < -0.3 is 10.0 Å². The molecule has 3 aliphatic rings. The van der Waals surface area contributed by atoms with Crippen molar-refractivity contribution in [2.45, 2.75) is 38.1 Å². The fourth-order valence-corrected chi connectivity index (χ4v) is 4.24. The van der Waals surface area contributed by atoms with Crippen LogP contribution in [0.5, 0.6) is 0 Å². The van der Waals surface area contributed by atoms with Crippen LogP contribution < -0.4 is 0 Å². The van der Waals surface area contributed by atoms with Gasteiger partial charge in [-0.3, -0.25) is 9.69 Å². The molecule has 1 aliphatic carbocycles. The quantitative estimate of drug-likeness (QED) is 0.818. The van der Waals surface area contributed by atoms with Crippen molar-refractivity contribution in [3.63, 3.8) is 0 Å². The standard InChI is InChI=1S/C14H24N2O2/c17-14(18)13-12-5-3-4-11(12)10-16(13)9-8-15-6-1-2-7-15/h11-13H,1-10H2,(H,17,18). The van der Waals surface area contributed by atoms with E-state index in [4.69, 9.17) is 0 Å². The molecule has 3 unspecified atom stereocenters. The molecule has 0 spiro atoms. The first-order valence-corrected chi connectivity index (χ1v) is 7.45. The van der Waals surface area contributed by atoms with E-state index in [0.717, 1.165) is 26.1 Å². The summed E-state index contributed by atoms with van der Waals surface area (Å²) in [5.74, 6) is 0.497. The van der Waals surface area contributed by atoms with Crippen LogP contribution in [0.4, 0.5) is 0 Å². The number of hydrogen-bond donors (Lipinski definition) is 1. The topological polar surface area (TPSA) is 43.8 Å². The second-order valence-corrected chi connectivity index (χ2v) is 6.18. The van der Waals surface area contributed by atoms with Gasteiger partial charge in [0.2, 0.25) is 0 Å². The van der Waals surface area contributed by atoms with Gasteiger partial charge in [-0.15, -0.1) is 0 Å². The van der Waals surface area contributed by atoms with Crippen LogP contribution in [-0.2, 0) is 4.79 Å². The smallest absolute Gasteiger partial charge is 0.321 e. The van der Waals surface area contributed by atoms with Crippen LogP contribution in [0.1, 0.15) is 32.1 Å². The molecule has 4 nitrogen and oxygen atoms in total. The molecule has 0 aromatic rings. The predicted molar refractivity (Wildman–Crippen MR) is 69.5 cm³/mol. The Bertz CT molecular complexity index is 315. The SMILES string of the molecule is O=C(O)C1C2CCCC2CN1CCN1CCCC1. The molecule has 3 rings (SSSR count). The van der Waals surface area contributed by atoms with E-state index < -0.39 is 5.97 Å². The highest BCUT2D eigenvalue weighted by molar-refractivity contribution is 5.74. The van der Waals surface area contributed by atoms with E-state index in [-0.39, 0.29) is 6.04 Å². The maximum absolute atomic E-state index is 11.5. The van der Waals surface area contributed by atoms with E-state index in [2.05, 4.69) is 9.80 Å². The fraction of sp³-hybridized carbons (Fsp3) is 0.929. The van der Waals surface area contributed by atoms with Crippen molar-refractivity contribution in [3.8, 4) is 0 Å². The molecule has 4 heteroatoms. The van der Waals surface area contributed by atoms with Gasteiger partial charge in [-0.05, 0) is 50.6 Å². The lowest BCUT2D eigenvalue weighted by Gasteiger charge is -2.26. The molecular weight excluding hydrogens is 228 g/mol. The van der Waals surface area contributed by atoms with Gasteiger partial charge in [0.15, 0.2) is 0 Å². The maximum atomic E-state index is 11.5. The van der Waals surface area contributed by atoms with E-state index in [1.807, 2.05) is 0 Å². The third kappa shape index (κ3) is 2.28. The van der Waals surface area contributed by atoms with Crippen LogP contribution in [0.3, 0.4) is 0 Å². The first kappa shape index (κ1) is 12.4. The van der Waals surface area contributed by atoms with E-state index in [1.165, 1.54) is 38.8 Å². The Morgan fingerprint density at radius 1 is 1.11 bits per heavy atom. The number of carboxylic acids is 1. The lowest BCUT2D eigenvalue weighted by Crippen LogP contribution is -2.43. The first-order valence-electron chi connectivity index (χ1n) is 7.45. The van der Waals surface area contributed by atoms with Crippen molar-refractivity contribution in [3.05, 3.63) is 0 Å². The highest BCUT2D eigenvalue weighted by Crippen LogP contribution is 2.42. The van der Waals surface area contributed by atoms with Crippen molar-refractivity contribution in [1.82, 2.24) is 9.80 Å². The minimum atomic E-state index is -0.592. The summed E-state index contributed by atoms with van der Waals surface area (Å²) in [6.07, 6.45) is 6.23. The molecule has 0 bridgehead atoms. The second kappa shape index (κ2) is 5.17. The van der Waals surface area contributed by atoms with E-state index in [0.29, 0.717) is 11.8 Å². The molecular formula is C14H24N2O2. The average Bonchev–Trinajstić information content (AvgIpc) is 3.01. The van der Waals surface area contributed by atoms with Crippen LogP contribution >= 0.6 is 0 Å². The summed E-state index contributed by atoms with van der Waals surface area (Å²) in [5, 5.41) is 9.47. The molecule has 0 radical (unpaired) electrons. The molecule has 2 saturated heterocycles. The van der Waals surface area contributed by atoms with Gasteiger partial charge in [0.05, 0.1) is 0 Å². The van der Waals surface area contributed by atoms with Gasteiger partial charge in [0.25, 0.3) is 0 Å². The number of nitrogens with zero attached hydrogens (tertiary/aromatic N) is 2. The van der Waals surface area contributed by atoms with Crippen molar-refractivity contribution < 1.29 is 9.90 Å². The molecule has 1 N–H and O–H groups in total. The van der Waals surface area contributed by atoms with Crippen molar-refractivity contribution in [1.29, 1.82) is 0 Å². The van der Waals surface area contributed by atoms with Gasteiger partial charge in [0, 0.05) is 19.6 Å². The van der Waals surface area contributed by atoms with E-state index in [9.17, 15) is 9.90 Å². The van der Waals surface area contributed by atoms with Crippen molar-refractivity contribution in [2.75, 3.05) is 32.7 Å². The molecule has 18 heavy (non-hydrogen) atoms. The third-order valence-electron chi connectivity index (χ3n) is 5.14. The molecule has 2 aliphatic heterocycles. The molecule has 3 fully saturated rings. The largest absolute Gasteiger partial charge is 0.480 e. The number of aliphatic carboxylic acids is 1. The highest BCUT2D eigenvalue weighted by atomic mass is 16.4. The summed E-state index contributed by atoms with van der Waals surface area (Å²) in [6, 6.07) is -0.194.